The largest absolute Gasteiger partial charge is 0.467 e. The van der Waals surface area contributed by atoms with Crippen LogP contribution in [0.2, 0.25) is 0 Å². The lowest BCUT2D eigenvalue weighted by Crippen LogP contribution is -2.25. The molecule has 0 bridgehead atoms. The molecule has 0 radical (unpaired) electrons. The molecule has 8 nitrogen and oxygen atoms in total. The van der Waals surface area contributed by atoms with Crippen LogP contribution in [0.15, 0.2) is 71.7 Å². The lowest BCUT2D eigenvalue weighted by atomic mass is 10.2. The highest BCUT2D eigenvalue weighted by molar-refractivity contribution is 6.02. The van der Waals surface area contributed by atoms with Gasteiger partial charge in [0.1, 0.15) is 5.76 Å². The van der Waals surface area contributed by atoms with Gasteiger partial charge in [0.05, 0.1) is 18.3 Å². The Hall–Kier alpha value is -3.94. The summed E-state index contributed by atoms with van der Waals surface area (Å²) in [5.41, 5.74) is 1.67. The third-order valence-electron chi connectivity index (χ3n) is 4.17. The number of amides is 2. The second-order valence-electron chi connectivity index (χ2n) is 6.04. The van der Waals surface area contributed by atoms with Gasteiger partial charge in [-0.05, 0) is 42.0 Å². The van der Waals surface area contributed by atoms with Crippen molar-refractivity contribution in [2.24, 2.45) is 0 Å². The summed E-state index contributed by atoms with van der Waals surface area (Å²) in [6.07, 6.45) is 6.56. The predicted octanol–water partition coefficient (Wildman–Crippen LogP) is 2.18. The molecular formula is C20H17N5O3. The number of hydrogen-bond donors (Lipinski definition) is 2. The van der Waals surface area contributed by atoms with Crippen molar-refractivity contribution >= 4 is 17.3 Å². The van der Waals surface area contributed by atoms with Gasteiger partial charge in [-0.15, -0.1) is 0 Å². The van der Waals surface area contributed by atoms with Crippen LogP contribution in [-0.4, -0.2) is 26.2 Å². The van der Waals surface area contributed by atoms with Gasteiger partial charge in [0.25, 0.3) is 11.8 Å². The van der Waals surface area contributed by atoms with E-state index < -0.39 is 5.91 Å². The summed E-state index contributed by atoms with van der Waals surface area (Å²) in [6, 6.07) is 12.5. The molecule has 0 aliphatic rings. The number of fused-ring (bicyclic) bond motifs is 1. The maximum atomic E-state index is 12.7. The van der Waals surface area contributed by atoms with E-state index in [0.29, 0.717) is 17.8 Å². The van der Waals surface area contributed by atoms with Crippen molar-refractivity contribution in [1.29, 1.82) is 0 Å². The van der Waals surface area contributed by atoms with Gasteiger partial charge in [-0.25, -0.2) is 4.98 Å². The van der Waals surface area contributed by atoms with Crippen molar-refractivity contribution in [1.82, 2.24) is 25.0 Å². The molecule has 0 aromatic carbocycles. The molecule has 8 heteroatoms. The van der Waals surface area contributed by atoms with Crippen molar-refractivity contribution < 1.29 is 14.0 Å². The van der Waals surface area contributed by atoms with Crippen LogP contribution in [0.25, 0.3) is 5.52 Å². The van der Waals surface area contributed by atoms with E-state index in [1.54, 1.807) is 53.3 Å². The fourth-order valence-electron chi connectivity index (χ4n) is 2.79. The van der Waals surface area contributed by atoms with Crippen LogP contribution in [0.1, 0.15) is 32.4 Å². The molecule has 2 N–H and O–H groups in total. The number of nitrogens with zero attached hydrogens (tertiary/aromatic N) is 3. The van der Waals surface area contributed by atoms with Gasteiger partial charge in [-0.1, -0.05) is 6.07 Å². The van der Waals surface area contributed by atoms with E-state index in [9.17, 15) is 9.59 Å². The van der Waals surface area contributed by atoms with Gasteiger partial charge in [-0.3, -0.25) is 19.0 Å². The van der Waals surface area contributed by atoms with Crippen molar-refractivity contribution in [3.8, 4) is 0 Å². The Kier molecular flexibility index (Phi) is 4.83. The quantitative estimate of drug-likeness (QED) is 0.538. The van der Waals surface area contributed by atoms with Crippen molar-refractivity contribution in [3.63, 3.8) is 0 Å². The third kappa shape index (κ3) is 3.61. The van der Waals surface area contributed by atoms with Crippen LogP contribution in [0.4, 0.5) is 0 Å². The fourth-order valence-corrected chi connectivity index (χ4v) is 2.79. The van der Waals surface area contributed by atoms with Gasteiger partial charge in [-0.2, -0.15) is 0 Å². The number of carbonyl (C=O) groups excluding carboxylic acids is 2. The van der Waals surface area contributed by atoms with Crippen molar-refractivity contribution in [2.75, 3.05) is 0 Å². The van der Waals surface area contributed by atoms with Gasteiger partial charge < -0.3 is 15.1 Å². The minimum atomic E-state index is -0.397. The van der Waals surface area contributed by atoms with Crippen LogP contribution >= 0.6 is 0 Å². The van der Waals surface area contributed by atoms with Crippen molar-refractivity contribution in [3.05, 3.63) is 90.2 Å². The van der Waals surface area contributed by atoms with Crippen LogP contribution in [0.5, 0.6) is 0 Å². The molecule has 4 rings (SSSR count). The fraction of sp³-hybridized carbons (Fsp3) is 0.100. The van der Waals surface area contributed by atoms with Crippen molar-refractivity contribution in [2.45, 2.75) is 13.1 Å². The van der Waals surface area contributed by atoms with Crippen LogP contribution in [-0.2, 0) is 13.1 Å². The molecule has 0 aliphatic heterocycles. The summed E-state index contributed by atoms with van der Waals surface area (Å²) in [5, 5.41) is 5.57. The summed E-state index contributed by atoms with van der Waals surface area (Å²) in [6.45, 7) is 0.574. The van der Waals surface area contributed by atoms with E-state index in [1.165, 1.54) is 6.26 Å². The third-order valence-corrected chi connectivity index (χ3v) is 4.17. The Labute approximate surface area is 160 Å². The van der Waals surface area contributed by atoms with E-state index in [-0.39, 0.29) is 24.0 Å². The number of nitrogens with one attached hydrogen (secondary N) is 2. The first-order chi connectivity index (χ1) is 13.7. The standard InChI is InChI=1S/C20H17N5O3/c26-19(22-12-14-6-8-21-9-7-14)17-16-5-1-2-10-25(16)18(24-17)20(27)23-13-15-4-3-11-28-15/h1-11H,12-13H2,(H,22,26)(H,23,27). The number of furan rings is 1. The smallest absolute Gasteiger partial charge is 0.288 e. The highest BCUT2D eigenvalue weighted by atomic mass is 16.3. The zero-order valence-corrected chi connectivity index (χ0v) is 14.8. The minimum Gasteiger partial charge on any atom is -0.467 e. The molecule has 2 amide bonds. The average Bonchev–Trinajstić information content (AvgIpc) is 3.39. The SMILES string of the molecule is O=C(NCc1ccncc1)c1nc(C(=O)NCc2ccco2)n2ccccc12. The molecule has 0 atom stereocenters. The second kappa shape index (κ2) is 7.75. The average molecular weight is 375 g/mol. The number of rotatable bonds is 6. The first kappa shape index (κ1) is 17.5. The summed E-state index contributed by atoms with van der Waals surface area (Å²) in [7, 11) is 0. The number of hydrogen-bond acceptors (Lipinski definition) is 5. The first-order valence-corrected chi connectivity index (χ1v) is 8.67. The van der Waals surface area contributed by atoms with Gasteiger partial charge in [0.2, 0.25) is 5.82 Å². The van der Waals surface area contributed by atoms with E-state index in [0.717, 1.165) is 5.56 Å². The second-order valence-corrected chi connectivity index (χ2v) is 6.04. The van der Waals surface area contributed by atoms with E-state index >= 15 is 0 Å². The molecule has 0 saturated heterocycles. The highest BCUT2D eigenvalue weighted by Crippen LogP contribution is 2.14. The van der Waals surface area contributed by atoms with E-state index in [1.807, 2.05) is 12.1 Å². The first-order valence-electron chi connectivity index (χ1n) is 8.67. The Morgan fingerprint density at radius 1 is 0.964 bits per heavy atom. The van der Waals surface area contributed by atoms with E-state index in [2.05, 4.69) is 20.6 Å². The maximum Gasteiger partial charge on any atom is 0.288 e. The molecule has 140 valence electrons. The lowest BCUT2D eigenvalue weighted by molar-refractivity contribution is 0.0937. The summed E-state index contributed by atoms with van der Waals surface area (Å²) in [4.78, 5) is 33.5. The number of pyridine rings is 2. The number of carbonyl (C=O) groups is 2. The molecule has 0 fully saturated rings. The molecule has 4 aromatic rings. The van der Waals surface area contributed by atoms with Crippen LogP contribution in [0.3, 0.4) is 0 Å². The molecular weight excluding hydrogens is 358 g/mol. The Morgan fingerprint density at radius 2 is 1.79 bits per heavy atom. The van der Waals surface area contributed by atoms with Gasteiger partial charge in [0, 0.05) is 25.1 Å². The maximum absolute atomic E-state index is 12.7. The summed E-state index contributed by atoms with van der Waals surface area (Å²) in [5.74, 6) is 0.0112. The molecule has 4 aromatic heterocycles. The van der Waals surface area contributed by atoms with E-state index in [4.69, 9.17) is 4.42 Å². The van der Waals surface area contributed by atoms with Gasteiger partial charge in [0.15, 0.2) is 5.69 Å². The molecule has 0 aliphatic carbocycles. The molecule has 28 heavy (non-hydrogen) atoms. The minimum absolute atomic E-state index is 0.135. The zero-order chi connectivity index (χ0) is 19.3. The number of aromatic nitrogens is 3. The summed E-state index contributed by atoms with van der Waals surface area (Å²) >= 11 is 0. The van der Waals surface area contributed by atoms with Crippen LogP contribution in [0, 0.1) is 0 Å². The summed E-state index contributed by atoms with van der Waals surface area (Å²) < 4.78 is 6.81. The molecule has 0 saturated carbocycles. The molecule has 0 unspecified atom stereocenters. The number of imidazole rings is 1. The predicted molar refractivity (Wildman–Crippen MR) is 100 cm³/mol. The molecule has 0 spiro atoms. The Bertz CT molecular complexity index is 1100. The zero-order valence-electron chi connectivity index (χ0n) is 14.8. The normalized spacial score (nSPS) is 10.7. The monoisotopic (exact) mass is 375 g/mol. The lowest BCUT2D eigenvalue weighted by Gasteiger charge is -2.03. The van der Waals surface area contributed by atoms with Gasteiger partial charge >= 0.3 is 0 Å². The topological polar surface area (TPSA) is 102 Å². The Morgan fingerprint density at radius 3 is 2.57 bits per heavy atom. The van der Waals surface area contributed by atoms with Crippen LogP contribution < -0.4 is 10.6 Å². The molecule has 4 heterocycles. The Balaban J connectivity index is 1.55. The highest BCUT2D eigenvalue weighted by Gasteiger charge is 2.21.